The molecule has 1 atom stereocenters. The van der Waals surface area contributed by atoms with Gasteiger partial charge in [0.2, 0.25) is 10.0 Å². The van der Waals surface area contributed by atoms with E-state index in [1.54, 1.807) is 0 Å². The molecule has 0 radical (unpaired) electrons. The Morgan fingerprint density at radius 2 is 2.00 bits per heavy atom. The maximum Gasteiger partial charge on any atom is 0.243 e. The van der Waals surface area contributed by atoms with Crippen LogP contribution in [0.15, 0.2) is 39.8 Å². The number of hydrogen-bond acceptors (Lipinski definition) is 4. The van der Waals surface area contributed by atoms with Crippen LogP contribution >= 0.6 is 0 Å². The summed E-state index contributed by atoms with van der Waals surface area (Å²) in [7, 11) is -3.68. The molecule has 0 amide bonds. The summed E-state index contributed by atoms with van der Waals surface area (Å²) in [5.41, 5.74) is 0.811. The molecular formula is C16H19FN2O3S. The number of nitrogens with zero attached hydrogens (tertiary/aromatic N) is 2. The fourth-order valence-corrected chi connectivity index (χ4v) is 4.45. The number of sulfonamides is 1. The summed E-state index contributed by atoms with van der Waals surface area (Å²) in [5.74, 6) is 0.326. The predicted octanol–water partition coefficient (Wildman–Crippen LogP) is 3.46. The van der Waals surface area contributed by atoms with E-state index < -0.39 is 15.8 Å². The van der Waals surface area contributed by atoms with E-state index in [2.05, 4.69) is 5.16 Å². The van der Waals surface area contributed by atoms with Gasteiger partial charge in [-0.25, -0.2) is 12.8 Å². The molecule has 0 saturated carbocycles. The summed E-state index contributed by atoms with van der Waals surface area (Å²) < 4.78 is 45.5. The van der Waals surface area contributed by atoms with E-state index in [-0.39, 0.29) is 16.9 Å². The first-order valence-electron chi connectivity index (χ1n) is 7.63. The average molecular weight is 338 g/mol. The highest BCUT2D eigenvalue weighted by Crippen LogP contribution is 2.37. The molecule has 5 nitrogen and oxygen atoms in total. The Labute approximate surface area is 135 Å². The molecule has 23 heavy (non-hydrogen) atoms. The predicted molar refractivity (Wildman–Crippen MR) is 82.9 cm³/mol. The molecule has 124 valence electrons. The normalized spacial score (nSPS) is 19.6. The van der Waals surface area contributed by atoms with Crippen LogP contribution in [-0.4, -0.2) is 24.4 Å². The lowest BCUT2D eigenvalue weighted by Gasteiger charge is -2.22. The Kier molecular flexibility index (Phi) is 4.25. The Morgan fingerprint density at radius 3 is 2.61 bits per heavy atom. The SMILES string of the molecule is CC(C)c1cc(C2CCCN2S(=O)(=O)c2ccc(F)cc2)on1. The summed E-state index contributed by atoms with van der Waals surface area (Å²) in [6.45, 7) is 4.43. The van der Waals surface area contributed by atoms with Gasteiger partial charge in [-0.1, -0.05) is 19.0 Å². The van der Waals surface area contributed by atoms with Crippen LogP contribution in [0.5, 0.6) is 0 Å². The fraction of sp³-hybridized carbons (Fsp3) is 0.438. The molecule has 2 heterocycles. The Bertz CT molecular complexity index is 784. The first-order valence-corrected chi connectivity index (χ1v) is 9.07. The zero-order chi connectivity index (χ0) is 16.6. The highest BCUT2D eigenvalue weighted by atomic mass is 32.2. The minimum atomic E-state index is -3.68. The minimum absolute atomic E-state index is 0.0920. The van der Waals surface area contributed by atoms with Crippen LogP contribution < -0.4 is 0 Å². The van der Waals surface area contributed by atoms with Gasteiger partial charge in [0.1, 0.15) is 5.82 Å². The molecule has 0 aliphatic carbocycles. The van der Waals surface area contributed by atoms with Crippen molar-refractivity contribution in [3.05, 3.63) is 47.6 Å². The number of aromatic nitrogens is 1. The van der Waals surface area contributed by atoms with Crippen LogP contribution in [0.1, 0.15) is 50.1 Å². The third-order valence-electron chi connectivity index (χ3n) is 4.09. The number of benzene rings is 1. The second kappa shape index (κ2) is 6.05. The van der Waals surface area contributed by atoms with Gasteiger partial charge in [0.05, 0.1) is 16.6 Å². The van der Waals surface area contributed by atoms with Crippen LogP contribution in [0.2, 0.25) is 0 Å². The maximum atomic E-state index is 13.0. The lowest BCUT2D eigenvalue weighted by Crippen LogP contribution is -2.30. The van der Waals surface area contributed by atoms with Gasteiger partial charge in [-0.2, -0.15) is 4.31 Å². The van der Waals surface area contributed by atoms with Crippen molar-refractivity contribution in [2.45, 2.75) is 43.5 Å². The highest BCUT2D eigenvalue weighted by molar-refractivity contribution is 7.89. The van der Waals surface area contributed by atoms with Gasteiger partial charge in [-0.3, -0.25) is 0 Å². The van der Waals surface area contributed by atoms with Crippen LogP contribution in [0.3, 0.4) is 0 Å². The van der Waals surface area contributed by atoms with Gasteiger partial charge in [0.25, 0.3) is 0 Å². The van der Waals surface area contributed by atoms with Crippen LogP contribution in [0.4, 0.5) is 4.39 Å². The Hall–Kier alpha value is -1.73. The Balaban J connectivity index is 1.92. The lowest BCUT2D eigenvalue weighted by molar-refractivity contribution is 0.295. The van der Waals surface area contributed by atoms with Gasteiger partial charge >= 0.3 is 0 Å². The number of halogens is 1. The minimum Gasteiger partial charge on any atom is -0.359 e. The molecule has 0 bridgehead atoms. The van der Waals surface area contributed by atoms with Crippen molar-refractivity contribution in [3.8, 4) is 0 Å². The van der Waals surface area contributed by atoms with E-state index in [9.17, 15) is 12.8 Å². The van der Waals surface area contributed by atoms with Crippen molar-refractivity contribution in [2.75, 3.05) is 6.54 Å². The standard InChI is InChI=1S/C16H19FN2O3S/c1-11(2)14-10-16(22-18-14)15-4-3-9-19(15)23(20,21)13-7-5-12(17)6-8-13/h5-8,10-11,15H,3-4,9H2,1-2H3. The van der Waals surface area contributed by atoms with E-state index in [0.717, 1.165) is 24.2 Å². The van der Waals surface area contributed by atoms with E-state index in [0.29, 0.717) is 18.7 Å². The summed E-state index contributed by atoms with van der Waals surface area (Å²) in [4.78, 5) is 0.0920. The van der Waals surface area contributed by atoms with E-state index in [4.69, 9.17) is 4.52 Å². The number of hydrogen-bond donors (Lipinski definition) is 0. The molecule has 1 aromatic carbocycles. The molecule has 0 N–H and O–H groups in total. The summed E-state index contributed by atoms with van der Waals surface area (Å²) >= 11 is 0. The van der Waals surface area contributed by atoms with Crippen molar-refractivity contribution >= 4 is 10.0 Å². The quantitative estimate of drug-likeness (QED) is 0.856. The van der Waals surface area contributed by atoms with E-state index in [1.807, 2.05) is 19.9 Å². The topological polar surface area (TPSA) is 63.4 Å². The molecule has 1 fully saturated rings. The number of rotatable bonds is 4. The monoisotopic (exact) mass is 338 g/mol. The average Bonchev–Trinajstić information content (AvgIpc) is 3.16. The first kappa shape index (κ1) is 16.1. The summed E-state index contributed by atoms with van der Waals surface area (Å²) in [6, 6.07) is 6.37. The zero-order valence-electron chi connectivity index (χ0n) is 13.1. The molecule has 3 rings (SSSR count). The van der Waals surface area contributed by atoms with Crippen LogP contribution in [0.25, 0.3) is 0 Å². The summed E-state index contributed by atoms with van der Waals surface area (Å²) in [5, 5.41) is 4.02. The van der Waals surface area contributed by atoms with Gasteiger partial charge in [0.15, 0.2) is 5.76 Å². The maximum absolute atomic E-state index is 13.0. The molecular weight excluding hydrogens is 319 g/mol. The second-order valence-corrected chi connectivity index (χ2v) is 7.93. The molecule has 0 spiro atoms. The third-order valence-corrected chi connectivity index (χ3v) is 6.01. The molecule has 1 saturated heterocycles. The zero-order valence-corrected chi connectivity index (χ0v) is 13.9. The summed E-state index contributed by atoms with van der Waals surface area (Å²) in [6.07, 6.45) is 1.44. The van der Waals surface area contributed by atoms with Crippen LogP contribution in [0, 0.1) is 5.82 Å². The van der Waals surface area contributed by atoms with Gasteiger partial charge < -0.3 is 4.52 Å². The second-order valence-electron chi connectivity index (χ2n) is 6.04. The fourth-order valence-electron chi connectivity index (χ4n) is 2.79. The van der Waals surface area contributed by atoms with Crippen molar-refractivity contribution in [1.29, 1.82) is 0 Å². The molecule has 1 aliphatic heterocycles. The molecule has 1 unspecified atom stereocenters. The largest absolute Gasteiger partial charge is 0.359 e. The van der Waals surface area contributed by atoms with Gasteiger partial charge in [-0.15, -0.1) is 0 Å². The van der Waals surface area contributed by atoms with Crippen molar-refractivity contribution in [3.63, 3.8) is 0 Å². The highest BCUT2D eigenvalue weighted by Gasteiger charge is 2.38. The molecule has 7 heteroatoms. The first-order chi connectivity index (χ1) is 10.9. The van der Waals surface area contributed by atoms with Gasteiger partial charge in [-0.05, 0) is 43.0 Å². The van der Waals surface area contributed by atoms with E-state index in [1.165, 1.54) is 16.4 Å². The van der Waals surface area contributed by atoms with E-state index >= 15 is 0 Å². The van der Waals surface area contributed by atoms with Crippen LogP contribution in [-0.2, 0) is 10.0 Å². The van der Waals surface area contributed by atoms with Crippen molar-refractivity contribution in [1.82, 2.24) is 9.46 Å². The molecule has 2 aromatic rings. The smallest absolute Gasteiger partial charge is 0.243 e. The third kappa shape index (κ3) is 3.03. The lowest BCUT2D eigenvalue weighted by atomic mass is 10.1. The Morgan fingerprint density at radius 1 is 1.30 bits per heavy atom. The van der Waals surface area contributed by atoms with Crippen molar-refractivity contribution in [2.24, 2.45) is 0 Å². The van der Waals surface area contributed by atoms with Crippen molar-refractivity contribution < 1.29 is 17.3 Å². The van der Waals surface area contributed by atoms with Gasteiger partial charge in [0, 0.05) is 12.6 Å². The molecule has 1 aliphatic rings. The molecule has 1 aromatic heterocycles.